The fourth-order valence-corrected chi connectivity index (χ4v) is 10.6. The maximum atomic E-state index is 14.3. The molecule has 12 heteroatoms. The first kappa shape index (κ1) is 36.0. The molecule has 6 aliphatic rings. The van der Waals surface area contributed by atoms with Gasteiger partial charge in [0.2, 0.25) is 0 Å². The summed E-state index contributed by atoms with van der Waals surface area (Å²) in [6.07, 6.45) is 4.76. The van der Waals surface area contributed by atoms with Gasteiger partial charge >= 0.3 is 6.09 Å². The van der Waals surface area contributed by atoms with Crippen LogP contribution in [0.1, 0.15) is 152 Å². The molecule has 4 fully saturated rings. The molecule has 0 aliphatic carbocycles. The first-order valence-corrected chi connectivity index (χ1v) is 20.6. The first-order valence-electron chi connectivity index (χ1n) is 20.6. The molecule has 4 aromatic rings. The number of imidazole rings is 2. The highest BCUT2D eigenvalue weighted by atomic mass is 16.6. The standard InChI is InChI=1S/C44H54N6O6/c1-22(2)36-38(47-40(45-36)30-11-9-28-17-44(7,8)56-42(51)49(28)30)24-13-26-19-54-33-16-25(14-27-20-53-32(15-24)34(26)35(27)33)39-37(23(3)4)46-41(48-39)31-12-10-29-18-43(5,6)55-21-50(29,31)52/h13-16,22-23,28-31H,9-12,17-21H2,1-8H3,(H,45,47)(H,46,48)/t28-,29-,30+,31+,50?/m1/s1. The molecule has 56 heavy (non-hydrogen) atoms. The summed E-state index contributed by atoms with van der Waals surface area (Å²) in [5.41, 5.74) is 9.23. The van der Waals surface area contributed by atoms with Crippen molar-refractivity contribution in [2.24, 2.45) is 0 Å². The Kier molecular flexibility index (Phi) is 7.91. The van der Waals surface area contributed by atoms with E-state index in [1.54, 1.807) is 0 Å². The van der Waals surface area contributed by atoms with Gasteiger partial charge in [-0.1, -0.05) is 27.7 Å². The summed E-state index contributed by atoms with van der Waals surface area (Å²) in [7, 11) is 0. The molecule has 5 atom stereocenters. The summed E-state index contributed by atoms with van der Waals surface area (Å²) in [5.74, 6) is 3.55. The van der Waals surface area contributed by atoms with E-state index in [0.29, 0.717) is 13.2 Å². The van der Waals surface area contributed by atoms with Gasteiger partial charge in [0, 0.05) is 76.5 Å². The number of fused-ring (bicyclic) bond motifs is 2. The second kappa shape index (κ2) is 12.3. The molecule has 1 amide bonds. The van der Waals surface area contributed by atoms with Gasteiger partial charge in [0.05, 0.1) is 29.1 Å². The smallest absolute Gasteiger partial charge is 0.411 e. The number of benzene rings is 2. The van der Waals surface area contributed by atoms with Crippen LogP contribution in [0.3, 0.4) is 0 Å². The number of hydroxylamine groups is 3. The van der Waals surface area contributed by atoms with Crippen molar-refractivity contribution in [3.63, 3.8) is 0 Å². The highest BCUT2D eigenvalue weighted by Gasteiger charge is 2.52. The molecule has 0 saturated carbocycles. The highest BCUT2D eigenvalue weighted by Crippen LogP contribution is 2.53. The SMILES string of the molecule is CC(C)c1[nH]c([C@@H]2CC[C@@H]3CC(C)(C)OC(=O)N32)nc1-c1cc2c3c(c1)OCc1cc(-c4nc([C@@H]5CC[C@@H]6CC(C)(C)OC[N+]65[O-])[nH]c4C(C)C)cc(c1-3)OC2. The maximum absolute atomic E-state index is 14.3. The lowest BCUT2D eigenvalue weighted by molar-refractivity contribution is -0.951. The van der Waals surface area contributed by atoms with E-state index in [4.69, 9.17) is 28.9 Å². The number of ether oxygens (including phenoxy) is 4. The second-order valence-electron chi connectivity index (χ2n) is 19.0. The van der Waals surface area contributed by atoms with Crippen LogP contribution < -0.4 is 9.47 Å². The van der Waals surface area contributed by atoms with E-state index >= 15 is 0 Å². The van der Waals surface area contributed by atoms with E-state index in [-0.39, 0.29) is 59.1 Å². The molecule has 2 N–H and O–H groups in total. The monoisotopic (exact) mass is 762 g/mol. The summed E-state index contributed by atoms with van der Waals surface area (Å²) in [5, 5.41) is 14.3. The molecule has 12 nitrogen and oxygen atoms in total. The summed E-state index contributed by atoms with van der Waals surface area (Å²) < 4.78 is 24.7. The Labute approximate surface area is 328 Å². The van der Waals surface area contributed by atoms with Gasteiger partial charge in [-0.25, -0.2) is 14.8 Å². The number of amides is 1. The van der Waals surface area contributed by atoms with Gasteiger partial charge in [0.25, 0.3) is 0 Å². The third-order valence-corrected chi connectivity index (χ3v) is 13.3. The van der Waals surface area contributed by atoms with Crippen molar-refractivity contribution in [3.05, 3.63) is 63.6 Å². The predicted octanol–water partition coefficient (Wildman–Crippen LogP) is 9.66. The fourth-order valence-electron chi connectivity index (χ4n) is 10.6. The normalized spacial score (nSPS) is 28.1. The molecule has 8 heterocycles. The lowest BCUT2D eigenvalue weighted by Crippen LogP contribution is -2.57. The molecule has 4 saturated heterocycles. The Morgan fingerprint density at radius 3 is 1.98 bits per heavy atom. The number of carbonyl (C=O) groups is 1. The summed E-state index contributed by atoms with van der Waals surface area (Å²) in [6.45, 7) is 17.7. The van der Waals surface area contributed by atoms with Gasteiger partial charge in [-0.15, -0.1) is 0 Å². The van der Waals surface area contributed by atoms with E-state index in [2.05, 4.69) is 75.8 Å². The minimum Gasteiger partial charge on any atom is -0.630 e. The van der Waals surface area contributed by atoms with Crippen molar-refractivity contribution in [1.82, 2.24) is 24.8 Å². The number of H-pyrrole nitrogens is 2. The molecule has 2 aromatic heterocycles. The fraction of sp³-hybridized carbons (Fsp3) is 0.568. The van der Waals surface area contributed by atoms with Gasteiger partial charge in [-0.3, -0.25) is 4.90 Å². The van der Waals surface area contributed by atoms with E-state index in [1.165, 1.54) is 0 Å². The number of aromatic nitrogens is 4. The van der Waals surface area contributed by atoms with Crippen molar-refractivity contribution >= 4 is 6.09 Å². The number of carbonyl (C=O) groups excluding carboxylic acids is 1. The number of hydrogen-bond donors (Lipinski definition) is 2. The minimum atomic E-state index is -0.458. The van der Waals surface area contributed by atoms with Crippen molar-refractivity contribution in [2.75, 3.05) is 6.73 Å². The van der Waals surface area contributed by atoms with Crippen LogP contribution in [0.4, 0.5) is 4.79 Å². The van der Waals surface area contributed by atoms with Crippen LogP contribution in [0.15, 0.2) is 24.3 Å². The molecule has 0 radical (unpaired) electrons. The molecule has 2 aromatic carbocycles. The van der Waals surface area contributed by atoms with E-state index in [9.17, 15) is 10.0 Å². The molecule has 1 unspecified atom stereocenters. The van der Waals surface area contributed by atoms with Crippen molar-refractivity contribution in [1.29, 1.82) is 0 Å². The molecule has 6 aliphatic heterocycles. The van der Waals surface area contributed by atoms with E-state index < -0.39 is 5.60 Å². The number of cyclic esters (lactones) is 1. The number of aromatic amines is 2. The van der Waals surface area contributed by atoms with Gasteiger partial charge < -0.3 is 38.8 Å². The Morgan fingerprint density at radius 2 is 1.38 bits per heavy atom. The number of quaternary nitrogens is 1. The van der Waals surface area contributed by atoms with Gasteiger partial charge in [-0.2, -0.15) is 0 Å². The molecule has 10 rings (SSSR count). The zero-order valence-corrected chi connectivity index (χ0v) is 33.9. The number of nitrogens with zero attached hydrogens (tertiary/aromatic N) is 4. The maximum Gasteiger partial charge on any atom is 0.411 e. The van der Waals surface area contributed by atoms with Gasteiger partial charge in [0.15, 0.2) is 12.6 Å². The Hall–Kier alpha value is -4.39. The van der Waals surface area contributed by atoms with Gasteiger partial charge in [0.1, 0.15) is 42.2 Å². The predicted molar refractivity (Wildman–Crippen MR) is 211 cm³/mol. The molecular weight excluding hydrogens is 709 g/mol. The van der Waals surface area contributed by atoms with Crippen LogP contribution in [0, 0.1) is 5.21 Å². The first-order chi connectivity index (χ1) is 26.6. The number of rotatable bonds is 6. The van der Waals surface area contributed by atoms with Crippen molar-refractivity contribution in [3.8, 4) is 45.1 Å². The molecule has 0 bridgehead atoms. The highest BCUT2D eigenvalue weighted by molar-refractivity contribution is 5.89. The van der Waals surface area contributed by atoms with Crippen LogP contribution >= 0.6 is 0 Å². The van der Waals surface area contributed by atoms with Crippen LogP contribution in [0.2, 0.25) is 0 Å². The van der Waals surface area contributed by atoms with Crippen LogP contribution in [0.25, 0.3) is 33.6 Å². The lowest BCUT2D eigenvalue weighted by atomic mass is 9.87. The molecular formula is C44H54N6O6. The average Bonchev–Trinajstić information content (AvgIpc) is 3.93. The summed E-state index contributed by atoms with van der Waals surface area (Å²) in [6, 6.07) is 8.33. The van der Waals surface area contributed by atoms with Crippen LogP contribution in [-0.2, 0) is 22.7 Å². The van der Waals surface area contributed by atoms with Crippen LogP contribution in [0.5, 0.6) is 11.5 Å². The second-order valence-corrected chi connectivity index (χ2v) is 19.0. The van der Waals surface area contributed by atoms with Crippen LogP contribution in [-0.4, -0.2) is 65.6 Å². The Bertz CT molecular complexity index is 2220. The third-order valence-electron chi connectivity index (χ3n) is 13.3. The lowest BCUT2D eigenvalue weighted by Gasteiger charge is -2.53. The number of nitrogens with one attached hydrogen (secondary N) is 2. The van der Waals surface area contributed by atoms with E-state index in [1.807, 2.05) is 18.7 Å². The quantitative estimate of drug-likeness (QED) is 0.146. The van der Waals surface area contributed by atoms with E-state index in [0.717, 1.165) is 118 Å². The molecule has 0 spiro atoms. The third kappa shape index (κ3) is 5.53. The Morgan fingerprint density at radius 1 is 0.786 bits per heavy atom. The average molecular weight is 763 g/mol. The number of hydrogen-bond acceptors (Lipinski definition) is 8. The zero-order chi connectivity index (χ0) is 39.1. The zero-order valence-electron chi connectivity index (χ0n) is 33.9. The minimum absolute atomic E-state index is 0.0172. The Balaban J connectivity index is 0.984. The summed E-state index contributed by atoms with van der Waals surface area (Å²) >= 11 is 0. The van der Waals surface area contributed by atoms with Crippen molar-refractivity contribution in [2.45, 2.75) is 154 Å². The molecule has 296 valence electrons. The summed E-state index contributed by atoms with van der Waals surface area (Å²) in [4.78, 5) is 32.8. The van der Waals surface area contributed by atoms with Crippen molar-refractivity contribution < 1.29 is 28.4 Å². The largest absolute Gasteiger partial charge is 0.630 e. The topological polar surface area (TPSA) is 138 Å². The van der Waals surface area contributed by atoms with Gasteiger partial charge in [-0.05, 0) is 76.6 Å².